The first-order valence-electron chi connectivity index (χ1n) is 10.6. The number of aryl methyl sites for hydroxylation is 1. The lowest BCUT2D eigenvalue weighted by Crippen LogP contribution is -2.54. The number of nitrogens with one attached hydrogen (secondary N) is 1. The topological polar surface area (TPSA) is 60.8 Å². The molecule has 1 N–H and O–H groups in total. The van der Waals surface area contributed by atoms with E-state index < -0.39 is 0 Å². The fourth-order valence-electron chi connectivity index (χ4n) is 3.43. The van der Waals surface area contributed by atoms with Crippen LogP contribution in [0.4, 0.5) is 0 Å². The van der Waals surface area contributed by atoms with Gasteiger partial charge in [0, 0.05) is 56.1 Å². The zero-order valence-corrected chi connectivity index (χ0v) is 19.3. The van der Waals surface area contributed by atoms with Crippen molar-refractivity contribution in [1.82, 2.24) is 20.1 Å². The number of carbonyl (C=O) groups excluding carboxylic acids is 1. The second-order valence-corrected chi connectivity index (χ2v) is 8.63. The molecule has 1 aliphatic heterocycles. The van der Waals surface area contributed by atoms with Crippen LogP contribution in [0.2, 0.25) is 5.02 Å². The van der Waals surface area contributed by atoms with Gasteiger partial charge in [-0.15, -0.1) is 11.3 Å². The minimum absolute atomic E-state index is 0.147. The predicted octanol–water partition coefficient (Wildman–Crippen LogP) is 3.25. The van der Waals surface area contributed by atoms with Crippen LogP contribution < -0.4 is 5.32 Å². The van der Waals surface area contributed by atoms with Crippen LogP contribution in [-0.2, 0) is 24.1 Å². The summed E-state index contributed by atoms with van der Waals surface area (Å²) < 4.78 is 0. The summed E-state index contributed by atoms with van der Waals surface area (Å²) in [6.45, 7) is 8.71. The number of carbonyl (C=O) groups is 1. The minimum Gasteiger partial charge on any atom is -0.357 e. The van der Waals surface area contributed by atoms with E-state index in [2.05, 4.69) is 34.4 Å². The number of benzene rings is 1. The fourth-order valence-corrected chi connectivity index (χ4v) is 4.42. The van der Waals surface area contributed by atoms with E-state index in [1.165, 1.54) is 5.01 Å². The van der Waals surface area contributed by atoms with Crippen LogP contribution in [0.15, 0.2) is 34.6 Å². The van der Waals surface area contributed by atoms with E-state index in [1.807, 2.05) is 29.2 Å². The van der Waals surface area contributed by atoms with Crippen LogP contribution in [0.5, 0.6) is 0 Å². The molecule has 30 heavy (non-hydrogen) atoms. The number of nitrogens with zero attached hydrogens (tertiary/aromatic N) is 4. The number of amides is 1. The minimum atomic E-state index is 0.147. The van der Waals surface area contributed by atoms with E-state index in [-0.39, 0.29) is 5.91 Å². The molecule has 1 aromatic carbocycles. The molecular weight excluding hydrogens is 418 g/mol. The average molecular weight is 448 g/mol. The van der Waals surface area contributed by atoms with Crippen molar-refractivity contribution in [2.45, 2.75) is 33.1 Å². The standard InChI is InChI=1S/C22H30ClN5OS/c1-3-20-26-19(16-30-20)8-9-25-22(24-4-2)28-12-10-27(11-13-28)21(29)15-17-6-5-7-18(23)14-17/h5-7,14,16H,3-4,8-13,15H2,1-2H3,(H,24,25). The van der Waals surface area contributed by atoms with Gasteiger partial charge >= 0.3 is 0 Å². The summed E-state index contributed by atoms with van der Waals surface area (Å²) in [5.74, 6) is 1.07. The molecule has 2 aromatic rings. The maximum atomic E-state index is 12.6. The molecule has 1 amide bonds. The highest BCUT2D eigenvalue weighted by Gasteiger charge is 2.23. The van der Waals surface area contributed by atoms with Crippen molar-refractivity contribution in [2.75, 3.05) is 39.3 Å². The normalized spacial score (nSPS) is 14.8. The van der Waals surface area contributed by atoms with Gasteiger partial charge in [-0.3, -0.25) is 9.79 Å². The van der Waals surface area contributed by atoms with Crippen LogP contribution in [0.1, 0.15) is 30.1 Å². The Kier molecular flexibility index (Phi) is 8.51. The van der Waals surface area contributed by atoms with Crippen LogP contribution in [0, 0.1) is 0 Å². The van der Waals surface area contributed by atoms with E-state index in [4.69, 9.17) is 16.6 Å². The zero-order chi connectivity index (χ0) is 21.3. The average Bonchev–Trinajstić information content (AvgIpc) is 3.21. The highest BCUT2D eigenvalue weighted by Crippen LogP contribution is 2.13. The van der Waals surface area contributed by atoms with E-state index in [1.54, 1.807) is 11.3 Å². The third-order valence-corrected chi connectivity index (χ3v) is 6.32. The van der Waals surface area contributed by atoms with E-state index in [0.29, 0.717) is 31.1 Å². The Hall–Kier alpha value is -2.12. The third kappa shape index (κ3) is 6.44. The molecule has 0 unspecified atom stereocenters. The van der Waals surface area contributed by atoms with Gasteiger partial charge in [0.05, 0.1) is 17.1 Å². The van der Waals surface area contributed by atoms with Crippen LogP contribution in [0.25, 0.3) is 0 Å². The summed E-state index contributed by atoms with van der Waals surface area (Å²) in [6.07, 6.45) is 2.22. The monoisotopic (exact) mass is 447 g/mol. The smallest absolute Gasteiger partial charge is 0.227 e. The summed E-state index contributed by atoms with van der Waals surface area (Å²) in [5.41, 5.74) is 2.07. The van der Waals surface area contributed by atoms with E-state index >= 15 is 0 Å². The summed E-state index contributed by atoms with van der Waals surface area (Å²) >= 11 is 7.75. The molecule has 1 fully saturated rings. The van der Waals surface area contributed by atoms with Crippen molar-refractivity contribution in [3.05, 3.63) is 50.9 Å². The maximum Gasteiger partial charge on any atom is 0.227 e. The van der Waals surface area contributed by atoms with Crippen molar-refractivity contribution in [3.8, 4) is 0 Å². The number of rotatable bonds is 7. The van der Waals surface area contributed by atoms with Crippen molar-refractivity contribution in [1.29, 1.82) is 0 Å². The number of hydrogen-bond donors (Lipinski definition) is 1. The number of thiazole rings is 1. The Bertz CT molecular complexity index is 861. The summed E-state index contributed by atoms with van der Waals surface area (Å²) in [5, 5.41) is 7.36. The third-order valence-electron chi connectivity index (χ3n) is 5.04. The SMILES string of the molecule is CCNC(=NCCc1csc(CC)n1)N1CCN(C(=O)Cc2cccc(Cl)c2)CC1. The second kappa shape index (κ2) is 11.3. The number of aliphatic imine (C=N–C) groups is 1. The fraction of sp³-hybridized carbons (Fsp3) is 0.500. The second-order valence-electron chi connectivity index (χ2n) is 7.25. The van der Waals surface area contributed by atoms with Crippen LogP contribution >= 0.6 is 22.9 Å². The van der Waals surface area contributed by atoms with Gasteiger partial charge < -0.3 is 15.1 Å². The molecule has 8 heteroatoms. The number of halogens is 1. The van der Waals surface area contributed by atoms with E-state index in [9.17, 15) is 4.79 Å². The molecule has 0 bridgehead atoms. The lowest BCUT2D eigenvalue weighted by Gasteiger charge is -2.36. The highest BCUT2D eigenvalue weighted by atomic mass is 35.5. The van der Waals surface area contributed by atoms with Gasteiger partial charge in [0.1, 0.15) is 0 Å². The lowest BCUT2D eigenvalue weighted by molar-refractivity contribution is -0.131. The molecule has 3 rings (SSSR count). The largest absolute Gasteiger partial charge is 0.357 e. The molecule has 0 aliphatic carbocycles. The first kappa shape index (κ1) is 22.6. The lowest BCUT2D eigenvalue weighted by atomic mass is 10.1. The van der Waals surface area contributed by atoms with Crippen molar-refractivity contribution in [3.63, 3.8) is 0 Å². The van der Waals surface area contributed by atoms with Gasteiger partial charge in [-0.05, 0) is 31.0 Å². The molecule has 0 radical (unpaired) electrons. The number of aromatic nitrogens is 1. The van der Waals surface area contributed by atoms with E-state index in [0.717, 1.165) is 49.7 Å². The molecular formula is C22H30ClN5OS. The van der Waals surface area contributed by atoms with Gasteiger partial charge in [0.2, 0.25) is 5.91 Å². The number of hydrogen-bond acceptors (Lipinski definition) is 4. The summed E-state index contributed by atoms with van der Waals surface area (Å²) in [6, 6.07) is 7.52. The van der Waals surface area contributed by atoms with Crippen molar-refractivity contribution in [2.24, 2.45) is 4.99 Å². The molecule has 6 nitrogen and oxygen atoms in total. The quantitative estimate of drug-likeness (QED) is 0.522. The molecule has 2 heterocycles. The number of piperazine rings is 1. The first-order valence-corrected chi connectivity index (χ1v) is 11.8. The van der Waals surface area contributed by atoms with Crippen LogP contribution in [-0.4, -0.2) is 65.9 Å². The Morgan fingerprint density at radius 2 is 2.00 bits per heavy atom. The Labute approximate surface area is 188 Å². The van der Waals surface area contributed by atoms with Crippen LogP contribution in [0.3, 0.4) is 0 Å². The molecule has 162 valence electrons. The van der Waals surface area contributed by atoms with Gasteiger partial charge in [-0.25, -0.2) is 4.98 Å². The molecule has 0 spiro atoms. The Balaban J connectivity index is 1.50. The molecule has 0 saturated carbocycles. The van der Waals surface area contributed by atoms with Gasteiger partial charge in [-0.2, -0.15) is 0 Å². The molecule has 1 saturated heterocycles. The summed E-state index contributed by atoms with van der Waals surface area (Å²) in [7, 11) is 0. The van der Waals surface area contributed by atoms with Crippen molar-refractivity contribution < 1.29 is 4.79 Å². The van der Waals surface area contributed by atoms with Gasteiger partial charge in [0.25, 0.3) is 0 Å². The van der Waals surface area contributed by atoms with Gasteiger partial charge in [-0.1, -0.05) is 30.7 Å². The Morgan fingerprint density at radius 1 is 1.23 bits per heavy atom. The first-order chi connectivity index (χ1) is 14.6. The highest BCUT2D eigenvalue weighted by molar-refractivity contribution is 7.09. The number of guanidine groups is 1. The predicted molar refractivity (Wildman–Crippen MR) is 124 cm³/mol. The molecule has 1 aromatic heterocycles. The summed E-state index contributed by atoms with van der Waals surface area (Å²) in [4.78, 5) is 26.2. The molecule has 0 atom stereocenters. The maximum absolute atomic E-state index is 12.6. The van der Waals surface area contributed by atoms with Crippen molar-refractivity contribution >= 4 is 34.8 Å². The molecule has 1 aliphatic rings. The Morgan fingerprint density at radius 3 is 2.67 bits per heavy atom. The van der Waals surface area contributed by atoms with Gasteiger partial charge in [0.15, 0.2) is 5.96 Å². The zero-order valence-electron chi connectivity index (χ0n) is 17.7.